The van der Waals surface area contributed by atoms with Crippen LogP contribution in [0, 0.1) is 12.8 Å². The molecule has 1 aliphatic heterocycles. The van der Waals surface area contributed by atoms with Gasteiger partial charge in [0, 0.05) is 18.3 Å². The molecule has 3 heterocycles. The number of hydrogen-bond acceptors (Lipinski definition) is 7. The van der Waals surface area contributed by atoms with Gasteiger partial charge in [0.1, 0.15) is 0 Å². The number of aryl methyl sites for hydroxylation is 1. The number of hydrogen-bond donors (Lipinski definition) is 0. The highest BCUT2D eigenvalue weighted by Gasteiger charge is 2.26. The van der Waals surface area contributed by atoms with Crippen molar-refractivity contribution >= 4 is 9.84 Å². The van der Waals surface area contributed by atoms with Gasteiger partial charge < -0.3 is 4.52 Å². The number of sulfone groups is 1. The van der Waals surface area contributed by atoms with Gasteiger partial charge in [-0.05, 0) is 31.7 Å². The van der Waals surface area contributed by atoms with Crippen LogP contribution in [0.2, 0.25) is 0 Å². The molecule has 1 unspecified atom stereocenters. The molecule has 1 aliphatic rings. The summed E-state index contributed by atoms with van der Waals surface area (Å²) in [6, 6.07) is 1.79. The number of nitrogens with zero attached hydrogens (tertiary/aromatic N) is 4. The summed E-state index contributed by atoms with van der Waals surface area (Å²) in [5.41, 5.74) is 0.824. The Hall–Kier alpha value is -1.83. The van der Waals surface area contributed by atoms with Gasteiger partial charge in [-0.15, -0.1) is 0 Å². The first-order valence-corrected chi connectivity index (χ1v) is 8.67. The molecule has 8 heteroatoms. The van der Waals surface area contributed by atoms with E-state index >= 15 is 0 Å². The number of rotatable bonds is 3. The molecule has 21 heavy (non-hydrogen) atoms. The highest BCUT2D eigenvalue weighted by atomic mass is 32.2. The molecule has 3 rings (SSSR count). The predicted molar refractivity (Wildman–Crippen MR) is 75.1 cm³/mol. The van der Waals surface area contributed by atoms with E-state index in [1.807, 2.05) is 6.92 Å². The monoisotopic (exact) mass is 308 g/mol. The molecule has 7 nitrogen and oxygen atoms in total. The lowest BCUT2D eigenvalue weighted by atomic mass is 10.0. The summed E-state index contributed by atoms with van der Waals surface area (Å²) >= 11 is 0. The lowest BCUT2D eigenvalue weighted by molar-refractivity contribution is 0.349. The SMILES string of the molecule is Cc1ccnc(-c2noc(CC3CCCS(=O)(=O)C3)n2)n1. The van der Waals surface area contributed by atoms with Gasteiger partial charge in [-0.25, -0.2) is 18.4 Å². The van der Waals surface area contributed by atoms with Crippen LogP contribution in [0.3, 0.4) is 0 Å². The zero-order chi connectivity index (χ0) is 14.9. The minimum Gasteiger partial charge on any atom is -0.339 e. The zero-order valence-electron chi connectivity index (χ0n) is 11.7. The Labute approximate surface area is 122 Å². The quantitative estimate of drug-likeness (QED) is 0.840. The topological polar surface area (TPSA) is 98.8 Å². The van der Waals surface area contributed by atoms with Crippen molar-refractivity contribution in [3.05, 3.63) is 23.8 Å². The molecule has 0 aromatic carbocycles. The van der Waals surface area contributed by atoms with Crippen LogP contribution >= 0.6 is 0 Å². The molecular formula is C13H16N4O3S. The van der Waals surface area contributed by atoms with Crippen molar-refractivity contribution in [2.24, 2.45) is 5.92 Å². The van der Waals surface area contributed by atoms with Crippen LogP contribution in [0.5, 0.6) is 0 Å². The summed E-state index contributed by atoms with van der Waals surface area (Å²) in [6.07, 6.45) is 3.70. The fraction of sp³-hybridized carbons (Fsp3) is 0.538. The van der Waals surface area contributed by atoms with E-state index in [0.29, 0.717) is 30.4 Å². The van der Waals surface area contributed by atoms with Crippen LogP contribution in [0.15, 0.2) is 16.8 Å². The van der Waals surface area contributed by atoms with Crippen molar-refractivity contribution in [2.45, 2.75) is 26.2 Å². The van der Waals surface area contributed by atoms with E-state index < -0.39 is 9.84 Å². The fourth-order valence-corrected chi connectivity index (χ4v) is 4.29. The summed E-state index contributed by atoms with van der Waals surface area (Å²) in [5.74, 6) is 1.74. The predicted octanol–water partition coefficient (Wildman–Crippen LogP) is 1.20. The van der Waals surface area contributed by atoms with Crippen LogP contribution < -0.4 is 0 Å². The third-order valence-electron chi connectivity index (χ3n) is 3.48. The van der Waals surface area contributed by atoms with E-state index in [-0.39, 0.29) is 17.4 Å². The lowest BCUT2D eigenvalue weighted by Gasteiger charge is -2.19. The summed E-state index contributed by atoms with van der Waals surface area (Å²) in [5, 5.41) is 3.87. The van der Waals surface area contributed by atoms with Gasteiger partial charge in [0.2, 0.25) is 17.5 Å². The maximum absolute atomic E-state index is 11.6. The van der Waals surface area contributed by atoms with Gasteiger partial charge in [-0.1, -0.05) is 5.16 Å². The summed E-state index contributed by atoms with van der Waals surface area (Å²) in [6.45, 7) is 1.86. The molecule has 0 N–H and O–H groups in total. The Bertz CT molecular complexity index is 741. The third-order valence-corrected chi connectivity index (χ3v) is 5.37. The minimum atomic E-state index is -2.92. The van der Waals surface area contributed by atoms with Gasteiger partial charge in [-0.2, -0.15) is 4.98 Å². The maximum atomic E-state index is 11.6. The Kier molecular flexibility index (Phi) is 3.71. The van der Waals surface area contributed by atoms with Crippen molar-refractivity contribution in [3.63, 3.8) is 0 Å². The summed E-state index contributed by atoms with van der Waals surface area (Å²) in [7, 11) is -2.92. The van der Waals surface area contributed by atoms with Crippen LogP contribution in [0.4, 0.5) is 0 Å². The van der Waals surface area contributed by atoms with Gasteiger partial charge in [0.05, 0.1) is 11.5 Å². The largest absolute Gasteiger partial charge is 0.339 e. The first-order valence-electron chi connectivity index (χ1n) is 6.85. The summed E-state index contributed by atoms with van der Waals surface area (Å²) in [4.78, 5) is 12.6. The lowest BCUT2D eigenvalue weighted by Crippen LogP contribution is -2.26. The molecule has 2 aromatic heterocycles. The molecule has 1 saturated heterocycles. The van der Waals surface area contributed by atoms with Crippen LogP contribution in [-0.2, 0) is 16.3 Å². The van der Waals surface area contributed by atoms with Crippen molar-refractivity contribution in [1.29, 1.82) is 0 Å². The molecule has 0 amide bonds. The molecule has 0 aliphatic carbocycles. The molecule has 112 valence electrons. The first kappa shape index (κ1) is 14.1. The molecule has 0 spiro atoms. The van der Waals surface area contributed by atoms with Crippen molar-refractivity contribution in [3.8, 4) is 11.6 Å². The second kappa shape index (κ2) is 5.51. The first-order chi connectivity index (χ1) is 10.0. The van der Waals surface area contributed by atoms with Crippen molar-refractivity contribution < 1.29 is 12.9 Å². The standard InChI is InChI=1S/C13H16N4O3S/c1-9-4-5-14-12(15-9)13-16-11(20-17-13)7-10-3-2-6-21(18,19)8-10/h4-5,10H,2-3,6-8H2,1H3. The maximum Gasteiger partial charge on any atom is 0.240 e. The fourth-order valence-electron chi connectivity index (χ4n) is 2.51. The molecule has 2 aromatic rings. The van der Waals surface area contributed by atoms with E-state index in [0.717, 1.165) is 12.1 Å². The van der Waals surface area contributed by atoms with E-state index in [4.69, 9.17) is 4.52 Å². The zero-order valence-corrected chi connectivity index (χ0v) is 12.5. The van der Waals surface area contributed by atoms with Gasteiger partial charge in [0.25, 0.3) is 0 Å². The molecule has 0 radical (unpaired) electrons. The third kappa shape index (κ3) is 3.44. The van der Waals surface area contributed by atoms with Gasteiger partial charge >= 0.3 is 0 Å². The highest BCUT2D eigenvalue weighted by molar-refractivity contribution is 7.91. The highest BCUT2D eigenvalue weighted by Crippen LogP contribution is 2.22. The summed E-state index contributed by atoms with van der Waals surface area (Å²) < 4.78 is 28.5. The molecule has 1 fully saturated rings. The van der Waals surface area contributed by atoms with Crippen LogP contribution in [-0.4, -0.2) is 40.0 Å². The molecular weight excluding hydrogens is 292 g/mol. The second-order valence-corrected chi connectivity index (χ2v) is 7.59. The normalized spacial score (nSPS) is 21.3. The molecule has 0 bridgehead atoms. The van der Waals surface area contributed by atoms with E-state index in [9.17, 15) is 8.42 Å². The number of aromatic nitrogens is 4. The van der Waals surface area contributed by atoms with Gasteiger partial charge in [0.15, 0.2) is 9.84 Å². The van der Waals surface area contributed by atoms with Crippen LogP contribution in [0.25, 0.3) is 11.6 Å². The Morgan fingerprint density at radius 1 is 1.33 bits per heavy atom. The van der Waals surface area contributed by atoms with Crippen LogP contribution in [0.1, 0.15) is 24.4 Å². The Morgan fingerprint density at radius 2 is 2.19 bits per heavy atom. The molecule has 1 atom stereocenters. The van der Waals surface area contributed by atoms with Crippen molar-refractivity contribution in [2.75, 3.05) is 11.5 Å². The van der Waals surface area contributed by atoms with E-state index in [1.54, 1.807) is 12.3 Å². The molecule has 0 saturated carbocycles. The second-order valence-electron chi connectivity index (χ2n) is 5.36. The average molecular weight is 308 g/mol. The Morgan fingerprint density at radius 3 is 2.95 bits per heavy atom. The smallest absolute Gasteiger partial charge is 0.240 e. The average Bonchev–Trinajstić information content (AvgIpc) is 2.86. The van der Waals surface area contributed by atoms with E-state index in [2.05, 4.69) is 20.1 Å². The minimum absolute atomic E-state index is 0.0514. The Balaban J connectivity index is 1.73. The van der Waals surface area contributed by atoms with Gasteiger partial charge in [-0.3, -0.25) is 0 Å². The van der Waals surface area contributed by atoms with E-state index in [1.165, 1.54) is 0 Å². The van der Waals surface area contributed by atoms with Crippen molar-refractivity contribution in [1.82, 2.24) is 20.1 Å².